The van der Waals surface area contributed by atoms with Gasteiger partial charge in [-0.2, -0.15) is 0 Å². The van der Waals surface area contributed by atoms with E-state index in [1.54, 1.807) is 43.5 Å². The van der Waals surface area contributed by atoms with Gasteiger partial charge in [-0.1, -0.05) is 24.3 Å². The smallest absolute Gasteiger partial charge is 0.363 e. The van der Waals surface area contributed by atoms with E-state index in [0.717, 1.165) is 0 Å². The van der Waals surface area contributed by atoms with E-state index in [2.05, 4.69) is 4.99 Å². The number of benzene rings is 2. The predicted octanol–water partition coefficient (Wildman–Crippen LogP) is 1.40. The third-order valence-electron chi connectivity index (χ3n) is 3.41. The molecule has 120 valence electrons. The fourth-order valence-corrected chi connectivity index (χ4v) is 2.14. The molecule has 0 saturated carbocycles. The lowest BCUT2D eigenvalue weighted by atomic mass is 10.1. The minimum Gasteiger partial charge on any atom is -0.545 e. The van der Waals surface area contributed by atoms with Crippen LogP contribution in [0.2, 0.25) is 0 Å². The molecule has 0 aliphatic carbocycles. The average Bonchev–Trinajstić information content (AvgIpc) is 2.96. The number of nitrogens with zero attached hydrogens (tertiary/aromatic N) is 1. The zero-order valence-corrected chi connectivity index (χ0v) is 12.7. The molecule has 0 bridgehead atoms. The molecule has 2 aromatic rings. The van der Waals surface area contributed by atoms with Crippen LogP contribution in [0.15, 0.2) is 59.2 Å². The van der Waals surface area contributed by atoms with E-state index in [-0.39, 0.29) is 17.2 Å². The van der Waals surface area contributed by atoms with Gasteiger partial charge in [-0.3, -0.25) is 0 Å². The number of aromatic carboxylic acids is 1. The van der Waals surface area contributed by atoms with Gasteiger partial charge >= 0.3 is 5.97 Å². The van der Waals surface area contributed by atoms with Gasteiger partial charge in [0.15, 0.2) is 5.70 Å². The Bertz CT molecular complexity index is 848. The summed E-state index contributed by atoms with van der Waals surface area (Å²) in [7, 11) is 1.56. The predicted molar refractivity (Wildman–Crippen MR) is 84.4 cm³/mol. The molecule has 1 aliphatic rings. The Morgan fingerprint density at radius 1 is 1.12 bits per heavy atom. The van der Waals surface area contributed by atoms with Crippen molar-refractivity contribution >= 4 is 23.9 Å². The molecule has 24 heavy (non-hydrogen) atoms. The summed E-state index contributed by atoms with van der Waals surface area (Å²) in [5.41, 5.74) is 1.49. The van der Waals surface area contributed by atoms with Gasteiger partial charge < -0.3 is 19.4 Å². The van der Waals surface area contributed by atoms with Crippen molar-refractivity contribution in [2.45, 2.75) is 0 Å². The summed E-state index contributed by atoms with van der Waals surface area (Å²) in [5.74, 6) is -0.924. The summed E-state index contributed by atoms with van der Waals surface area (Å²) in [5, 5.41) is 10.7. The molecule has 0 radical (unpaired) electrons. The summed E-state index contributed by atoms with van der Waals surface area (Å²) in [6.45, 7) is 0. The largest absolute Gasteiger partial charge is 0.545 e. The van der Waals surface area contributed by atoms with Crippen LogP contribution >= 0.6 is 0 Å². The quantitative estimate of drug-likeness (QED) is 0.627. The number of rotatable bonds is 4. The molecule has 1 aliphatic heterocycles. The molecular weight excluding hydrogens is 310 g/mol. The van der Waals surface area contributed by atoms with Crippen molar-refractivity contribution in [3.63, 3.8) is 0 Å². The fraction of sp³-hybridized carbons (Fsp3) is 0.0556. The molecule has 0 N–H and O–H groups in total. The van der Waals surface area contributed by atoms with E-state index in [1.165, 1.54) is 18.2 Å². The maximum Gasteiger partial charge on any atom is 0.363 e. The molecular formula is C18H12NO5-. The van der Waals surface area contributed by atoms with Crippen LogP contribution < -0.4 is 9.84 Å². The second-order valence-corrected chi connectivity index (χ2v) is 4.97. The van der Waals surface area contributed by atoms with Crippen LogP contribution in [0.3, 0.4) is 0 Å². The molecule has 0 fully saturated rings. The van der Waals surface area contributed by atoms with Gasteiger partial charge in [0.05, 0.1) is 13.1 Å². The number of cyclic esters (lactones) is 1. The summed E-state index contributed by atoms with van der Waals surface area (Å²) >= 11 is 0. The van der Waals surface area contributed by atoms with Gasteiger partial charge in [-0.25, -0.2) is 9.79 Å². The summed E-state index contributed by atoms with van der Waals surface area (Å²) in [4.78, 5) is 26.8. The number of methoxy groups -OCH3 is 1. The molecule has 3 rings (SSSR count). The molecule has 1 heterocycles. The number of carboxylic acid groups (broad SMARTS) is 1. The monoisotopic (exact) mass is 322 g/mol. The fourth-order valence-electron chi connectivity index (χ4n) is 2.14. The zero-order valence-electron chi connectivity index (χ0n) is 12.7. The van der Waals surface area contributed by atoms with E-state index in [9.17, 15) is 14.7 Å². The van der Waals surface area contributed by atoms with Crippen LogP contribution in [0.5, 0.6) is 5.75 Å². The van der Waals surface area contributed by atoms with Crippen molar-refractivity contribution in [1.29, 1.82) is 0 Å². The number of hydrogen-bond acceptors (Lipinski definition) is 6. The van der Waals surface area contributed by atoms with E-state index >= 15 is 0 Å². The third-order valence-corrected chi connectivity index (χ3v) is 3.41. The van der Waals surface area contributed by atoms with Gasteiger partial charge in [0.25, 0.3) is 0 Å². The Balaban J connectivity index is 1.86. The number of esters is 1. The maximum atomic E-state index is 11.9. The highest BCUT2D eigenvalue weighted by molar-refractivity contribution is 6.12. The zero-order chi connectivity index (χ0) is 17.1. The highest BCUT2D eigenvalue weighted by atomic mass is 16.6. The van der Waals surface area contributed by atoms with Crippen LogP contribution in [-0.2, 0) is 9.53 Å². The first-order chi connectivity index (χ1) is 11.6. The Morgan fingerprint density at radius 2 is 1.79 bits per heavy atom. The van der Waals surface area contributed by atoms with Crippen molar-refractivity contribution < 1.29 is 24.2 Å². The standard InChI is InChI=1S/C18H13NO5/c1-23-14-8-6-12(7-9-14)16-19-15(18(22)24-16)10-11-2-4-13(5-3-11)17(20)21/h2-10H,1H3,(H,20,21)/p-1/b15-10+. The number of hydrogen-bond donors (Lipinski definition) is 0. The van der Waals surface area contributed by atoms with Crippen LogP contribution in [0.25, 0.3) is 6.08 Å². The molecule has 0 spiro atoms. The minimum absolute atomic E-state index is 0.0635. The van der Waals surface area contributed by atoms with Gasteiger partial charge in [0.2, 0.25) is 5.90 Å². The van der Waals surface area contributed by atoms with E-state index in [4.69, 9.17) is 9.47 Å². The summed E-state index contributed by atoms with van der Waals surface area (Å²) in [6.07, 6.45) is 1.53. The van der Waals surface area contributed by atoms with Gasteiger partial charge in [-0.15, -0.1) is 0 Å². The lowest BCUT2D eigenvalue weighted by Crippen LogP contribution is -2.21. The molecule has 2 aromatic carbocycles. The van der Waals surface area contributed by atoms with Crippen molar-refractivity contribution in [2.75, 3.05) is 7.11 Å². The van der Waals surface area contributed by atoms with Gasteiger partial charge in [0.1, 0.15) is 5.75 Å². The van der Waals surface area contributed by atoms with Crippen molar-refractivity contribution in [3.05, 3.63) is 70.9 Å². The number of aliphatic imine (C=N–C) groups is 1. The molecule has 0 amide bonds. The lowest BCUT2D eigenvalue weighted by Gasteiger charge is -2.01. The Labute approximate surface area is 137 Å². The number of ether oxygens (including phenoxy) is 2. The molecule has 6 nitrogen and oxygen atoms in total. The van der Waals surface area contributed by atoms with Gasteiger partial charge in [-0.05, 0) is 41.5 Å². The normalized spacial score (nSPS) is 15.1. The first kappa shape index (κ1) is 15.5. The molecule has 0 unspecified atom stereocenters. The minimum atomic E-state index is -1.26. The van der Waals surface area contributed by atoms with E-state index < -0.39 is 11.9 Å². The van der Waals surface area contributed by atoms with Crippen molar-refractivity contribution in [1.82, 2.24) is 0 Å². The lowest BCUT2D eigenvalue weighted by molar-refractivity contribution is -0.255. The van der Waals surface area contributed by atoms with Crippen LogP contribution in [0, 0.1) is 0 Å². The first-order valence-electron chi connectivity index (χ1n) is 7.05. The molecule has 0 aromatic heterocycles. The van der Waals surface area contributed by atoms with Crippen LogP contribution in [0.1, 0.15) is 21.5 Å². The topological polar surface area (TPSA) is 88.0 Å². The average molecular weight is 322 g/mol. The number of carboxylic acids is 1. The SMILES string of the molecule is COc1ccc(C2=N/C(=C/c3ccc(C(=O)[O-])cc3)C(=O)O2)cc1. The van der Waals surface area contributed by atoms with Crippen molar-refractivity contribution in [3.8, 4) is 5.75 Å². The molecule has 0 saturated heterocycles. The number of carbonyl (C=O) groups excluding carboxylic acids is 2. The molecule has 6 heteroatoms. The second-order valence-electron chi connectivity index (χ2n) is 4.97. The molecule has 0 atom stereocenters. The highest BCUT2D eigenvalue weighted by Gasteiger charge is 2.24. The van der Waals surface area contributed by atoms with Crippen LogP contribution in [-0.4, -0.2) is 24.9 Å². The Kier molecular flexibility index (Phi) is 4.11. The summed E-state index contributed by atoms with van der Waals surface area (Å²) in [6, 6.07) is 12.9. The number of carbonyl (C=O) groups is 2. The highest BCUT2D eigenvalue weighted by Crippen LogP contribution is 2.21. The van der Waals surface area contributed by atoms with E-state index in [0.29, 0.717) is 16.9 Å². The summed E-state index contributed by atoms with van der Waals surface area (Å²) < 4.78 is 10.2. The maximum absolute atomic E-state index is 11.9. The Morgan fingerprint density at radius 3 is 2.38 bits per heavy atom. The first-order valence-corrected chi connectivity index (χ1v) is 7.05. The van der Waals surface area contributed by atoms with Gasteiger partial charge in [0, 0.05) is 5.56 Å². The third kappa shape index (κ3) is 3.17. The van der Waals surface area contributed by atoms with Crippen LogP contribution in [0.4, 0.5) is 0 Å². The second kappa shape index (κ2) is 6.37. The van der Waals surface area contributed by atoms with E-state index in [1.807, 2.05) is 0 Å². The van der Waals surface area contributed by atoms with Crippen molar-refractivity contribution in [2.24, 2.45) is 4.99 Å². The Hall–Kier alpha value is -3.41.